The fourth-order valence-corrected chi connectivity index (χ4v) is 2.95. The second-order valence-electron chi connectivity index (χ2n) is 4.05. The van der Waals surface area contributed by atoms with Crippen molar-refractivity contribution in [2.24, 2.45) is 0 Å². The van der Waals surface area contributed by atoms with Crippen LogP contribution in [-0.4, -0.2) is 23.9 Å². The number of sulfonamides is 1. The minimum Gasteiger partial charge on any atom is -0.332 e. The number of H-pyrrole nitrogens is 1. The number of aromatic amines is 1. The Morgan fingerprint density at radius 3 is 2.44 bits per heavy atom. The number of aromatic nitrogens is 2. The van der Waals surface area contributed by atoms with Gasteiger partial charge in [0.05, 0.1) is 12.3 Å². The van der Waals surface area contributed by atoms with Crippen molar-refractivity contribution >= 4 is 10.0 Å². The lowest BCUT2D eigenvalue weighted by molar-refractivity contribution is 0.445. The molecule has 0 aliphatic rings. The lowest BCUT2D eigenvalue weighted by atomic mass is 9.97. The summed E-state index contributed by atoms with van der Waals surface area (Å²) in [4.78, 5) is 6.68. The first-order valence-electron chi connectivity index (χ1n) is 5.92. The lowest BCUT2D eigenvalue weighted by Crippen LogP contribution is -2.46. The number of nitriles is 1. The van der Waals surface area contributed by atoms with Gasteiger partial charge < -0.3 is 4.98 Å². The van der Waals surface area contributed by atoms with Crippen molar-refractivity contribution in [2.75, 3.05) is 0 Å². The van der Waals surface area contributed by atoms with Crippen LogP contribution in [0.25, 0.3) is 0 Å². The van der Waals surface area contributed by atoms with Gasteiger partial charge in [0.1, 0.15) is 11.4 Å². The summed E-state index contributed by atoms with van der Waals surface area (Å²) in [7, 11) is -3.73. The average molecular weight is 270 g/mol. The highest BCUT2D eigenvalue weighted by atomic mass is 32.2. The van der Waals surface area contributed by atoms with Crippen LogP contribution >= 0.6 is 0 Å². The van der Waals surface area contributed by atoms with E-state index in [2.05, 4.69) is 14.7 Å². The molecule has 1 aromatic rings. The predicted molar refractivity (Wildman–Crippen MR) is 67.2 cm³/mol. The van der Waals surface area contributed by atoms with Crippen LogP contribution in [0, 0.1) is 11.3 Å². The van der Waals surface area contributed by atoms with Crippen molar-refractivity contribution in [3.8, 4) is 6.07 Å². The van der Waals surface area contributed by atoms with Gasteiger partial charge in [0.2, 0.25) is 0 Å². The fourth-order valence-electron chi connectivity index (χ4n) is 1.55. The fraction of sp³-hybridized carbons (Fsp3) is 0.636. The topological polar surface area (TPSA) is 98.6 Å². The van der Waals surface area contributed by atoms with Gasteiger partial charge >= 0.3 is 0 Å². The quantitative estimate of drug-likeness (QED) is 0.814. The summed E-state index contributed by atoms with van der Waals surface area (Å²) in [6.07, 6.45) is 2.72. The van der Waals surface area contributed by atoms with E-state index in [0.717, 1.165) is 0 Å². The smallest absolute Gasteiger partial charge is 0.258 e. The summed E-state index contributed by atoms with van der Waals surface area (Å²) < 4.78 is 26.7. The van der Waals surface area contributed by atoms with Gasteiger partial charge in [-0.3, -0.25) is 0 Å². The maximum atomic E-state index is 12.1. The summed E-state index contributed by atoms with van der Waals surface area (Å²) in [5.41, 5.74) is -1.06. The number of rotatable bonds is 6. The van der Waals surface area contributed by atoms with E-state index >= 15 is 0 Å². The first-order chi connectivity index (χ1) is 8.43. The third-order valence-corrected chi connectivity index (χ3v) is 4.43. The normalized spacial score (nSPS) is 12.3. The van der Waals surface area contributed by atoms with Crippen LogP contribution in [0.4, 0.5) is 0 Å². The molecule has 0 fully saturated rings. The van der Waals surface area contributed by atoms with Crippen molar-refractivity contribution in [3.05, 3.63) is 12.0 Å². The molecule has 0 aliphatic heterocycles. The minimum absolute atomic E-state index is 0.000810. The Morgan fingerprint density at radius 1 is 1.44 bits per heavy atom. The Hall–Kier alpha value is -1.39. The van der Waals surface area contributed by atoms with Crippen molar-refractivity contribution in [1.82, 2.24) is 14.7 Å². The molecule has 1 heterocycles. The monoisotopic (exact) mass is 270 g/mol. The highest BCUT2D eigenvalue weighted by molar-refractivity contribution is 7.89. The first-order valence-corrected chi connectivity index (χ1v) is 7.40. The molecule has 0 amide bonds. The van der Waals surface area contributed by atoms with Gasteiger partial charge in [0.25, 0.3) is 10.0 Å². The van der Waals surface area contributed by atoms with Crippen LogP contribution in [0.3, 0.4) is 0 Å². The predicted octanol–water partition coefficient (Wildman–Crippen LogP) is 1.33. The van der Waals surface area contributed by atoms with Crippen molar-refractivity contribution < 1.29 is 8.42 Å². The molecule has 0 aliphatic carbocycles. The highest BCUT2D eigenvalue weighted by Gasteiger charge is 2.32. The Balaban J connectivity index is 3.05. The van der Waals surface area contributed by atoms with E-state index in [9.17, 15) is 8.42 Å². The number of aryl methyl sites for hydroxylation is 1. The number of nitrogens with zero attached hydrogens (tertiary/aromatic N) is 2. The highest BCUT2D eigenvalue weighted by Crippen LogP contribution is 2.18. The molecule has 1 rings (SSSR count). The molecule has 0 atom stereocenters. The zero-order chi connectivity index (χ0) is 13.8. The van der Waals surface area contributed by atoms with Gasteiger partial charge in [0, 0.05) is 6.42 Å². The van der Waals surface area contributed by atoms with E-state index in [1.807, 2.05) is 13.0 Å². The summed E-state index contributed by atoms with van der Waals surface area (Å²) >= 11 is 0. The van der Waals surface area contributed by atoms with E-state index in [1.54, 1.807) is 13.8 Å². The van der Waals surface area contributed by atoms with Gasteiger partial charge in [-0.05, 0) is 12.8 Å². The number of nitrogens with one attached hydrogen (secondary N) is 2. The Kier molecular flexibility index (Phi) is 4.48. The molecule has 0 spiro atoms. The SMILES string of the molecule is CCc1ncc(S(=O)(=O)NC(C#N)(CC)CC)[nH]1. The van der Waals surface area contributed by atoms with Crippen LogP contribution in [0.1, 0.15) is 39.4 Å². The Labute approximate surface area is 107 Å². The molecular formula is C11H18N4O2S. The van der Waals surface area contributed by atoms with Crippen LogP contribution in [0.2, 0.25) is 0 Å². The zero-order valence-corrected chi connectivity index (χ0v) is 11.6. The van der Waals surface area contributed by atoms with Gasteiger partial charge in [-0.1, -0.05) is 20.8 Å². The number of hydrogen-bond donors (Lipinski definition) is 2. The number of imidazole rings is 1. The summed E-state index contributed by atoms with van der Waals surface area (Å²) in [6.45, 7) is 5.43. The summed E-state index contributed by atoms with van der Waals surface area (Å²) in [6, 6.07) is 2.04. The standard InChI is InChI=1S/C11H18N4O2S/c1-4-9-13-7-10(14-9)18(16,17)15-11(5-2,6-3)8-12/h7,15H,4-6H2,1-3H3,(H,13,14). The second-order valence-corrected chi connectivity index (χ2v) is 5.71. The molecule has 100 valence electrons. The van der Waals surface area contributed by atoms with E-state index in [-0.39, 0.29) is 5.03 Å². The molecule has 0 saturated carbocycles. The average Bonchev–Trinajstić information content (AvgIpc) is 2.85. The Bertz CT molecular complexity index is 538. The van der Waals surface area contributed by atoms with E-state index in [1.165, 1.54) is 6.20 Å². The largest absolute Gasteiger partial charge is 0.332 e. The molecule has 1 aromatic heterocycles. The maximum Gasteiger partial charge on any atom is 0.258 e. The molecule has 6 nitrogen and oxygen atoms in total. The zero-order valence-electron chi connectivity index (χ0n) is 10.8. The van der Waals surface area contributed by atoms with Crippen molar-refractivity contribution in [3.63, 3.8) is 0 Å². The lowest BCUT2D eigenvalue weighted by Gasteiger charge is -2.23. The van der Waals surface area contributed by atoms with Crippen LogP contribution in [-0.2, 0) is 16.4 Å². The second kappa shape index (κ2) is 5.50. The molecule has 2 N–H and O–H groups in total. The molecule has 0 aromatic carbocycles. The van der Waals surface area contributed by atoms with Crippen molar-refractivity contribution in [2.45, 2.75) is 50.6 Å². The number of hydrogen-bond acceptors (Lipinski definition) is 4. The molecule has 7 heteroatoms. The minimum atomic E-state index is -3.73. The van der Waals surface area contributed by atoms with Crippen molar-refractivity contribution in [1.29, 1.82) is 5.26 Å². The van der Waals surface area contributed by atoms with Crippen LogP contribution in [0.15, 0.2) is 11.2 Å². The molecule has 0 saturated heterocycles. The summed E-state index contributed by atoms with van der Waals surface area (Å²) in [5.74, 6) is 0.603. The summed E-state index contributed by atoms with van der Waals surface area (Å²) in [5, 5.41) is 9.14. The van der Waals surface area contributed by atoms with Gasteiger partial charge in [-0.15, -0.1) is 0 Å². The molecule has 18 heavy (non-hydrogen) atoms. The van der Waals surface area contributed by atoms with E-state index in [0.29, 0.717) is 25.1 Å². The van der Waals surface area contributed by atoms with E-state index in [4.69, 9.17) is 5.26 Å². The van der Waals surface area contributed by atoms with Crippen LogP contribution < -0.4 is 4.72 Å². The third kappa shape index (κ3) is 2.89. The third-order valence-electron chi connectivity index (χ3n) is 2.98. The van der Waals surface area contributed by atoms with Gasteiger partial charge in [-0.2, -0.15) is 9.98 Å². The van der Waals surface area contributed by atoms with Crippen LogP contribution in [0.5, 0.6) is 0 Å². The molecular weight excluding hydrogens is 252 g/mol. The van der Waals surface area contributed by atoms with E-state index < -0.39 is 15.6 Å². The molecule has 0 bridgehead atoms. The molecule has 0 unspecified atom stereocenters. The first kappa shape index (κ1) is 14.7. The van der Waals surface area contributed by atoms with Gasteiger partial charge in [-0.25, -0.2) is 13.4 Å². The van der Waals surface area contributed by atoms with Gasteiger partial charge in [0.15, 0.2) is 5.03 Å². The molecule has 0 radical (unpaired) electrons. The maximum absolute atomic E-state index is 12.1. The Morgan fingerprint density at radius 2 is 2.06 bits per heavy atom.